The van der Waals surface area contributed by atoms with Gasteiger partial charge in [0.1, 0.15) is 6.61 Å². The van der Waals surface area contributed by atoms with Gasteiger partial charge in [0.15, 0.2) is 11.5 Å². The van der Waals surface area contributed by atoms with E-state index < -0.39 is 12.1 Å². The Hall–Kier alpha value is -3.02. The molecule has 3 rings (SSSR count). The maximum absolute atomic E-state index is 12.4. The first-order valence-electron chi connectivity index (χ1n) is 7.47. The van der Waals surface area contributed by atoms with Crippen molar-refractivity contribution in [3.8, 4) is 11.5 Å². The van der Waals surface area contributed by atoms with E-state index in [2.05, 4.69) is 10.1 Å². The maximum Gasteiger partial charge on any atom is 0.337 e. The van der Waals surface area contributed by atoms with Crippen molar-refractivity contribution in [3.05, 3.63) is 53.6 Å². The van der Waals surface area contributed by atoms with Crippen molar-refractivity contribution in [2.45, 2.75) is 13.0 Å². The summed E-state index contributed by atoms with van der Waals surface area (Å²) in [5.74, 6) is 0.442. The first-order valence-corrected chi connectivity index (χ1v) is 7.47. The van der Waals surface area contributed by atoms with E-state index in [1.165, 1.54) is 7.11 Å². The highest BCUT2D eigenvalue weighted by atomic mass is 16.6. The Morgan fingerprint density at radius 1 is 1.17 bits per heavy atom. The predicted octanol–water partition coefficient (Wildman–Crippen LogP) is 2.56. The summed E-state index contributed by atoms with van der Waals surface area (Å²) in [5.41, 5.74) is 1.79. The molecule has 24 heavy (non-hydrogen) atoms. The first kappa shape index (κ1) is 15.9. The lowest BCUT2D eigenvalue weighted by molar-refractivity contribution is -0.125. The fourth-order valence-corrected chi connectivity index (χ4v) is 2.41. The Morgan fingerprint density at radius 2 is 1.92 bits per heavy atom. The molecule has 1 aliphatic heterocycles. The molecule has 2 aromatic rings. The van der Waals surface area contributed by atoms with Gasteiger partial charge in [0.2, 0.25) is 6.10 Å². The number of ether oxygens (including phenoxy) is 3. The molecule has 1 atom stereocenters. The zero-order chi connectivity index (χ0) is 17.1. The number of hydrogen-bond donors (Lipinski definition) is 1. The van der Waals surface area contributed by atoms with Crippen molar-refractivity contribution in [2.24, 2.45) is 0 Å². The number of rotatable bonds is 3. The summed E-state index contributed by atoms with van der Waals surface area (Å²) in [5, 5.41) is 2.80. The Labute approximate surface area is 139 Å². The second-order valence-electron chi connectivity index (χ2n) is 5.37. The van der Waals surface area contributed by atoms with Crippen LogP contribution in [-0.2, 0) is 9.53 Å². The fraction of sp³-hybridized carbons (Fsp3) is 0.222. The van der Waals surface area contributed by atoms with E-state index in [1.807, 2.05) is 12.1 Å². The molecular weight excluding hydrogens is 310 g/mol. The van der Waals surface area contributed by atoms with Crippen LogP contribution in [0.3, 0.4) is 0 Å². The number of anilines is 1. The normalized spacial score (nSPS) is 15.5. The Kier molecular flexibility index (Phi) is 4.37. The molecule has 0 saturated heterocycles. The van der Waals surface area contributed by atoms with E-state index in [9.17, 15) is 9.59 Å². The molecule has 0 spiro atoms. The van der Waals surface area contributed by atoms with E-state index in [1.54, 1.807) is 37.3 Å². The number of aryl methyl sites for hydroxylation is 1. The molecule has 0 radical (unpaired) electrons. The summed E-state index contributed by atoms with van der Waals surface area (Å²) in [6, 6.07) is 12.1. The summed E-state index contributed by atoms with van der Waals surface area (Å²) >= 11 is 0. The lowest BCUT2D eigenvalue weighted by Gasteiger charge is -2.25. The van der Waals surface area contributed by atoms with Crippen LogP contribution in [0.15, 0.2) is 42.5 Å². The van der Waals surface area contributed by atoms with Crippen molar-refractivity contribution < 1.29 is 23.8 Å². The van der Waals surface area contributed by atoms with Gasteiger partial charge in [0, 0.05) is 5.69 Å². The van der Waals surface area contributed by atoms with Gasteiger partial charge >= 0.3 is 5.97 Å². The largest absolute Gasteiger partial charge is 0.485 e. The van der Waals surface area contributed by atoms with Gasteiger partial charge in [0.25, 0.3) is 5.91 Å². The second-order valence-corrected chi connectivity index (χ2v) is 5.37. The maximum atomic E-state index is 12.4. The van der Waals surface area contributed by atoms with Crippen LogP contribution in [0.5, 0.6) is 11.5 Å². The molecule has 0 bridgehead atoms. The Bertz CT molecular complexity index is 787. The van der Waals surface area contributed by atoms with Crippen molar-refractivity contribution in [1.82, 2.24) is 0 Å². The second kappa shape index (κ2) is 6.62. The van der Waals surface area contributed by atoms with Gasteiger partial charge in [-0.2, -0.15) is 0 Å². The topological polar surface area (TPSA) is 73.9 Å². The van der Waals surface area contributed by atoms with Gasteiger partial charge in [-0.05, 0) is 42.8 Å². The Balaban J connectivity index is 1.70. The number of esters is 1. The van der Waals surface area contributed by atoms with Crippen LogP contribution < -0.4 is 14.8 Å². The quantitative estimate of drug-likeness (QED) is 0.877. The van der Waals surface area contributed by atoms with Crippen LogP contribution in [0, 0.1) is 6.92 Å². The molecule has 1 amide bonds. The molecule has 0 aromatic heterocycles. The standard InChI is InChI=1S/C18H17NO5/c1-11-9-12(18(21)22-2)7-8-13(11)19-17(20)16-10-23-14-5-3-4-6-15(14)24-16/h3-9,16H,10H2,1-2H3,(H,19,20)/t16-/m0/s1. The van der Waals surface area contributed by atoms with Crippen LogP contribution >= 0.6 is 0 Å². The van der Waals surface area contributed by atoms with Crippen LogP contribution in [0.4, 0.5) is 5.69 Å². The average molecular weight is 327 g/mol. The van der Waals surface area contributed by atoms with Gasteiger partial charge in [0.05, 0.1) is 12.7 Å². The minimum atomic E-state index is -0.736. The molecular formula is C18H17NO5. The smallest absolute Gasteiger partial charge is 0.337 e. The molecule has 1 aliphatic rings. The molecule has 124 valence electrons. The zero-order valence-electron chi connectivity index (χ0n) is 13.4. The SMILES string of the molecule is COC(=O)c1ccc(NC(=O)[C@@H]2COc3ccccc3O2)c(C)c1. The monoisotopic (exact) mass is 327 g/mol. The molecule has 0 unspecified atom stereocenters. The van der Waals surface area contributed by atoms with Crippen molar-refractivity contribution in [1.29, 1.82) is 0 Å². The van der Waals surface area contributed by atoms with Crippen molar-refractivity contribution >= 4 is 17.6 Å². The third-order valence-corrected chi connectivity index (χ3v) is 3.71. The molecule has 1 N–H and O–H groups in total. The number of methoxy groups -OCH3 is 1. The first-order chi connectivity index (χ1) is 11.6. The minimum Gasteiger partial charge on any atom is -0.485 e. The van der Waals surface area contributed by atoms with E-state index in [4.69, 9.17) is 9.47 Å². The van der Waals surface area contributed by atoms with Gasteiger partial charge in [-0.1, -0.05) is 12.1 Å². The highest BCUT2D eigenvalue weighted by Gasteiger charge is 2.27. The summed E-state index contributed by atoms with van der Waals surface area (Å²) in [4.78, 5) is 23.9. The van der Waals surface area contributed by atoms with Crippen molar-refractivity contribution in [3.63, 3.8) is 0 Å². The number of para-hydroxylation sites is 2. The fourth-order valence-electron chi connectivity index (χ4n) is 2.41. The van der Waals surface area contributed by atoms with E-state index in [0.717, 1.165) is 5.56 Å². The number of hydrogen-bond acceptors (Lipinski definition) is 5. The summed E-state index contributed by atoms with van der Waals surface area (Å²) in [6.07, 6.45) is -0.736. The van der Waals surface area contributed by atoms with Gasteiger partial charge in [-0.3, -0.25) is 4.79 Å². The Morgan fingerprint density at radius 3 is 2.62 bits per heavy atom. The molecule has 0 saturated carbocycles. The lowest BCUT2D eigenvalue weighted by atomic mass is 10.1. The molecule has 0 fully saturated rings. The van der Waals surface area contributed by atoms with Crippen LogP contribution in [0.1, 0.15) is 15.9 Å². The third-order valence-electron chi connectivity index (χ3n) is 3.71. The van der Waals surface area contributed by atoms with Gasteiger partial charge in [-0.15, -0.1) is 0 Å². The lowest BCUT2D eigenvalue weighted by Crippen LogP contribution is -2.40. The highest BCUT2D eigenvalue weighted by Crippen LogP contribution is 2.31. The minimum absolute atomic E-state index is 0.141. The van der Waals surface area contributed by atoms with Crippen molar-refractivity contribution in [2.75, 3.05) is 19.0 Å². The van der Waals surface area contributed by atoms with Crippen LogP contribution in [-0.4, -0.2) is 31.7 Å². The molecule has 1 heterocycles. The molecule has 6 heteroatoms. The van der Waals surface area contributed by atoms with E-state index >= 15 is 0 Å². The average Bonchev–Trinajstić information content (AvgIpc) is 2.62. The highest BCUT2D eigenvalue weighted by molar-refractivity contribution is 5.96. The van der Waals surface area contributed by atoms with E-state index in [0.29, 0.717) is 22.7 Å². The molecule has 2 aromatic carbocycles. The zero-order valence-corrected chi connectivity index (χ0v) is 13.4. The number of carbonyl (C=O) groups excluding carboxylic acids is 2. The van der Waals surface area contributed by atoms with Gasteiger partial charge < -0.3 is 19.5 Å². The van der Waals surface area contributed by atoms with Crippen LogP contribution in [0.25, 0.3) is 0 Å². The summed E-state index contributed by atoms with van der Waals surface area (Å²) in [6.45, 7) is 1.94. The summed E-state index contributed by atoms with van der Waals surface area (Å²) in [7, 11) is 1.33. The molecule has 0 aliphatic carbocycles. The summed E-state index contributed by atoms with van der Waals surface area (Å²) < 4.78 is 15.9. The number of fused-ring (bicyclic) bond motifs is 1. The third kappa shape index (κ3) is 3.17. The van der Waals surface area contributed by atoms with Gasteiger partial charge in [-0.25, -0.2) is 4.79 Å². The van der Waals surface area contributed by atoms with Crippen LogP contribution in [0.2, 0.25) is 0 Å². The number of carbonyl (C=O) groups is 2. The predicted molar refractivity (Wildman–Crippen MR) is 87.5 cm³/mol. The number of benzene rings is 2. The van der Waals surface area contributed by atoms with E-state index in [-0.39, 0.29) is 12.5 Å². The number of amides is 1. The molecule has 6 nitrogen and oxygen atoms in total. The number of nitrogens with one attached hydrogen (secondary N) is 1.